The summed E-state index contributed by atoms with van der Waals surface area (Å²) >= 11 is 0. The Hall–Kier alpha value is -4.03. The van der Waals surface area contributed by atoms with E-state index in [-0.39, 0.29) is 0 Å². The standard InChI is InChI=1S/C27H23N4O3P/c28-24-10-4-8-22(16-24)26-18-31(30-29-26)25-11-5-9-23(17-25)27(35(32,33)34)21-14-12-20(13-15-21)19-6-2-1-3-7-19/h1-18,27H,28H2,(H2,32,33,34). The van der Waals surface area contributed by atoms with E-state index in [0.717, 1.165) is 16.7 Å². The monoisotopic (exact) mass is 482 g/mol. The molecule has 0 saturated heterocycles. The van der Waals surface area contributed by atoms with E-state index in [1.165, 1.54) is 0 Å². The van der Waals surface area contributed by atoms with Crippen LogP contribution >= 0.6 is 7.60 Å². The molecular formula is C27H23N4O3P. The molecule has 0 fully saturated rings. The van der Waals surface area contributed by atoms with Gasteiger partial charge in [-0.2, -0.15) is 0 Å². The minimum Gasteiger partial charge on any atom is -0.399 e. The first-order valence-electron chi connectivity index (χ1n) is 11.0. The molecule has 0 aliphatic rings. The summed E-state index contributed by atoms with van der Waals surface area (Å²) in [5.41, 5.74) is 10.6. The summed E-state index contributed by atoms with van der Waals surface area (Å²) in [5, 5.41) is 8.43. The highest BCUT2D eigenvalue weighted by molar-refractivity contribution is 7.52. The van der Waals surface area contributed by atoms with Crippen LogP contribution in [0.1, 0.15) is 16.8 Å². The average Bonchev–Trinajstić information content (AvgIpc) is 3.35. The van der Waals surface area contributed by atoms with Crippen molar-refractivity contribution < 1.29 is 14.4 Å². The second kappa shape index (κ2) is 9.31. The third kappa shape index (κ3) is 4.93. The van der Waals surface area contributed by atoms with Gasteiger partial charge in [-0.15, -0.1) is 5.10 Å². The van der Waals surface area contributed by atoms with Gasteiger partial charge in [-0.3, -0.25) is 4.57 Å². The number of hydrogen-bond donors (Lipinski definition) is 3. The number of benzene rings is 4. The molecule has 4 N–H and O–H groups in total. The lowest BCUT2D eigenvalue weighted by molar-refractivity contribution is 0.364. The zero-order valence-electron chi connectivity index (χ0n) is 18.6. The van der Waals surface area contributed by atoms with Gasteiger partial charge in [-0.05, 0) is 46.5 Å². The summed E-state index contributed by atoms with van der Waals surface area (Å²) in [4.78, 5) is 20.6. The van der Waals surface area contributed by atoms with Gasteiger partial charge in [0.05, 0.1) is 11.9 Å². The molecule has 0 saturated carbocycles. The summed E-state index contributed by atoms with van der Waals surface area (Å²) in [7, 11) is -4.53. The number of hydrogen-bond acceptors (Lipinski definition) is 4. The van der Waals surface area contributed by atoms with Gasteiger partial charge < -0.3 is 15.5 Å². The van der Waals surface area contributed by atoms with Crippen molar-refractivity contribution in [2.24, 2.45) is 0 Å². The van der Waals surface area contributed by atoms with Crippen molar-refractivity contribution in [2.75, 3.05) is 5.73 Å². The first kappa shape index (κ1) is 22.7. The van der Waals surface area contributed by atoms with Gasteiger partial charge in [0, 0.05) is 11.3 Å². The van der Waals surface area contributed by atoms with Gasteiger partial charge in [0.15, 0.2) is 0 Å². The Morgan fingerprint density at radius 3 is 2.14 bits per heavy atom. The Kier molecular flexibility index (Phi) is 6.05. The van der Waals surface area contributed by atoms with Crippen molar-refractivity contribution in [2.45, 2.75) is 5.66 Å². The summed E-state index contributed by atoms with van der Waals surface area (Å²) in [6, 6.07) is 31.5. The number of nitrogens with two attached hydrogens (primary N) is 1. The number of rotatable bonds is 6. The number of aromatic nitrogens is 3. The minimum atomic E-state index is -4.53. The Balaban J connectivity index is 1.49. The first-order valence-corrected chi connectivity index (χ1v) is 12.7. The van der Waals surface area contributed by atoms with Gasteiger partial charge in [0.1, 0.15) is 11.4 Å². The fourth-order valence-corrected chi connectivity index (χ4v) is 5.24. The third-order valence-corrected chi connectivity index (χ3v) is 7.07. The molecule has 0 aliphatic carbocycles. The highest BCUT2D eigenvalue weighted by Gasteiger charge is 2.32. The molecule has 7 nitrogen and oxygen atoms in total. The number of nitrogens with zero attached hydrogens (tertiary/aromatic N) is 3. The zero-order valence-corrected chi connectivity index (χ0v) is 19.5. The molecule has 1 heterocycles. The number of anilines is 1. The van der Waals surface area contributed by atoms with Gasteiger partial charge in [-0.1, -0.05) is 84.1 Å². The molecule has 1 unspecified atom stereocenters. The summed E-state index contributed by atoms with van der Waals surface area (Å²) < 4.78 is 14.2. The maximum absolute atomic E-state index is 12.6. The molecule has 35 heavy (non-hydrogen) atoms. The van der Waals surface area contributed by atoms with Crippen LogP contribution in [0.2, 0.25) is 0 Å². The van der Waals surface area contributed by atoms with Crippen LogP contribution in [0.3, 0.4) is 0 Å². The fraction of sp³-hybridized carbons (Fsp3) is 0.0370. The van der Waals surface area contributed by atoms with Crippen molar-refractivity contribution >= 4 is 13.3 Å². The lowest BCUT2D eigenvalue weighted by Gasteiger charge is -2.20. The minimum absolute atomic E-state index is 0.490. The molecular weight excluding hydrogens is 459 g/mol. The first-order chi connectivity index (χ1) is 16.9. The molecule has 1 atom stereocenters. The third-order valence-electron chi connectivity index (χ3n) is 5.80. The van der Waals surface area contributed by atoms with Crippen molar-refractivity contribution in [3.8, 4) is 28.1 Å². The van der Waals surface area contributed by atoms with Crippen molar-refractivity contribution in [1.29, 1.82) is 0 Å². The second-order valence-electron chi connectivity index (χ2n) is 8.25. The van der Waals surface area contributed by atoms with Crippen LogP contribution in [-0.4, -0.2) is 24.8 Å². The van der Waals surface area contributed by atoms with E-state index in [1.54, 1.807) is 47.3 Å². The van der Waals surface area contributed by atoms with E-state index in [1.807, 2.05) is 66.7 Å². The normalized spacial score (nSPS) is 12.4. The summed E-state index contributed by atoms with van der Waals surface area (Å²) in [6.07, 6.45) is 1.76. The van der Waals surface area contributed by atoms with Gasteiger partial charge in [-0.25, -0.2) is 4.68 Å². The molecule has 0 spiro atoms. The van der Waals surface area contributed by atoms with Crippen molar-refractivity contribution in [1.82, 2.24) is 15.0 Å². The lowest BCUT2D eigenvalue weighted by atomic mass is 9.99. The molecule has 8 heteroatoms. The summed E-state index contributed by atoms with van der Waals surface area (Å²) in [6.45, 7) is 0. The van der Waals surface area contributed by atoms with Gasteiger partial charge in [0.25, 0.3) is 0 Å². The van der Waals surface area contributed by atoms with Gasteiger partial charge in [0.2, 0.25) is 0 Å². The van der Waals surface area contributed by atoms with Crippen LogP contribution in [0.4, 0.5) is 5.69 Å². The average molecular weight is 482 g/mol. The molecule has 5 aromatic rings. The zero-order chi connectivity index (χ0) is 24.4. The predicted octanol–water partition coefficient (Wildman–Crippen LogP) is 5.45. The quantitative estimate of drug-likeness (QED) is 0.219. The largest absolute Gasteiger partial charge is 0.399 e. The summed E-state index contributed by atoms with van der Waals surface area (Å²) in [5.74, 6) is 0. The fourth-order valence-electron chi connectivity index (χ4n) is 4.13. The van der Waals surface area contributed by atoms with Crippen LogP contribution in [0.5, 0.6) is 0 Å². The van der Waals surface area contributed by atoms with E-state index in [0.29, 0.717) is 28.2 Å². The molecule has 174 valence electrons. The molecule has 0 bridgehead atoms. The maximum Gasteiger partial charge on any atom is 0.337 e. The predicted molar refractivity (Wildman–Crippen MR) is 137 cm³/mol. The van der Waals surface area contributed by atoms with Crippen LogP contribution < -0.4 is 5.73 Å². The SMILES string of the molecule is Nc1cccc(-c2cn(-c3cccc(C(c4ccc(-c5ccccc5)cc4)P(=O)(O)O)c3)nn2)c1. The van der Waals surface area contributed by atoms with Crippen LogP contribution in [0, 0.1) is 0 Å². The van der Waals surface area contributed by atoms with E-state index in [9.17, 15) is 14.4 Å². The van der Waals surface area contributed by atoms with Crippen LogP contribution in [0.25, 0.3) is 28.1 Å². The van der Waals surface area contributed by atoms with Crippen molar-refractivity contribution in [3.63, 3.8) is 0 Å². The van der Waals surface area contributed by atoms with E-state index < -0.39 is 13.3 Å². The molecule has 4 aromatic carbocycles. The van der Waals surface area contributed by atoms with E-state index in [2.05, 4.69) is 10.3 Å². The highest BCUT2D eigenvalue weighted by Crippen LogP contribution is 2.55. The molecule has 0 amide bonds. The van der Waals surface area contributed by atoms with Gasteiger partial charge >= 0.3 is 7.60 Å². The Labute approximate surface area is 202 Å². The van der Waals surface area contributed by atoms with Crippen LogP contribution in [-0.2, 0) is 4.57 Å². The van der Waals surface area contributed by atoms with E-state index >= 15 is 0 Å². The number of nitrogen functional groups attached to an aromatic ring is 1. The Morgan fingerprint density at radius 1 is 0.743 bits per heavy atom. The molecule has 1 aromatic heterocycles. The molecule has 0 radical (unpaired) electrons. The molecule has 0 aliphatic heterocycles. The molecule has 5 rings (SSSR count). The Bertz CT molecular complexity index is 1510. The topological polar surface area (TPSA) is 114 Å². The second-order valence-corrected chi connectivity index (χ2v) is 9.94. The smallest absolute Gasteiger partial charge is 0.337 e. The maximum atomic E-state index is 12.6. The Morgan fingerprint density at radius 2 is 1.43 bits per heavy atom. The van der Waals surface area contributed by atoms with Crippen molar-refractivity contribution in [3.05, 3.63) is 120 Å². The highest BCUT2D eigenvalue weighted by atomic mass is 31.2. The van der Waals surface area contributed by atoms with Crippen LogP contribution in [0.15, 0.2) is 109 Å². The lowest BCUT2D eigenvalue weighted by Crippen LogP contribution is -2.04. The van der Waals surface area contributed by atoms with E-state index in [4.69, 9.17) is 5.73 Å².